The van der Waals surface area contributed by atoms with Crippen molar-refractivity contribution in [1.82, 2.24) is 15.3 Å². The van der Waals surface area contributed by atoms with E-state index in [4.69, 9.17) is 4.74 Å². The van der Waals surface area contributed by atoms with E-state index in [9.17, 15) is 0 Å². The van der Waals surface area contributed by atoms with Crippen LogP contribution < -0.4 is 10.1 Å². The molecule has 1 atom stereocenters. The summed E-state index contributed by atoms with van der Waals surface area (Å²) in [6.45, 7) is 1.43. The third-order valence-electron chi connectivity index (χ3n) is 2.77. The summed E-state index contributed by atoms with van der Waals surface area (Å²) in [6, 6.07) is 8.40. The summed E-state index contributed by atoms with van der Waals surface area (Å²) in [5.41, 5.74) is 1.23. The van der Waals surface area contributed by atoms with Gasteiger partial charge < -0.3 is 9.72 Å². The lowest BCUT2D eigenvalue weighted by Gasteiger charge is -2.09. The number of H-pyrrole nitrogens is 1. The van der Waals surface area contributed by atoms with Gasteiger partial charge in [0.15, 0.2) is 0 Å². The van der Waals surface area contributed by atoms with Crippen molar-refractivity contribution in [3.8, 4) is 5.75 Å². The van der Waals surface area contributed by atoms with E-state index in [-0.39, 0.29) is 6.04 Å². The van der Waals surface area contributed by atoms with E-state index in [1.54, 1.807) is 6.20 Å². The van der Waals surface area contributed by atoms with Crippen LogP contribution in [0, 0.1) is 0 Å². The number of hydrogen-bond donors (Lipinski definition) is 2. The second-order valence-electron chi connectivity index (χ2n) is 3.82. The van der Waals surface area contributed by atoms with E-state index in [2.05, 4.69) is 21.4 Å². The Bertz CT molecular complexity index is 467. The minimum absolute atomic E-state index is 0.265. The number of aromatic amines is 1. The van der Waals surface area contributed by atoms with Crippen LogP contribution in [0.5, 0.6) is 5.75 Å². The number of benzene rings is 1. The molecular weight excluding hydrogens is 202 g/mol. The van der Waals surface area contributed by atoms with E-state index >= 15 is 0 Å². The normalized spacial score (nSPS) is 18.1. The first kappa shape index (κ1) is 9.42. The van der Waals surface area contributed by atoms with Crippen LogP contribution in [0.1, 0.15) is 17.4 Å². The van der Waals surface area contributed by atoms with Gasteiger partial charge in [0.25, 0.3) is 0 Å². The Morgan fingerprint density at radius 2 is 2.38 bits per heavy atom. The topological polar surface area (TPSA) is 49.9 Å². The van der Waals surface area contributed by atoms with Gasteiger partial charge >= 0.3 is 0 Å². The minimum Gasteiger partial charge on any atom is -0.491 e. The predicted octanol–water partition coefficient (Wildman–Crippen LogP) is 1.63. The molecule has 82 valence electrons. The monoisotopic (exact) mass is 215 g/mol. The van der Waals surface area contributed by atoms with Crippen molar-refractivity contribution in [2.45, 2.75) is 12.6 Å². The summed E-state index contributed by atoms with van der Waals surface area (Å²) in [5.74, 6) is 1.93. The average molecular weight is 215 g/mol. The Labute approximate surface area is 93.7 Å². The fraction of sp³-hybridized carbons (Fsp3) is 0.250. The maximum absolute atomic E-state index is 5.59. The molecule has 1 aliphatic rings. The molecule has 2 aromatic rings. The van der Waals surface area contributed by atoms with Crippen molar-refractivity contribution in [1.29, 1.82) is 0 Å². The Morgan fingerprint density at radius 3 is 3.25 bits per heavy atom. The quantitative estimate of drug-likeness (QED) is 0.818. The van der Waals surface area contributed by atoms with Crippen LogP contribution in [-0.2, 0) is 6.54 Å². The number of ether oxygens (including phenoxy) is 1. The fourth-order valence-electron chi connectivity index (χ4n) is 1.95. The summed E-state index contributed by atoms with van der Waals surface area (Å²) in [6.07, 6.45) is 3.59. The van der Waals surface area contributed by atoms with Gasteiger partial charge in [-0.05, 0) is 6.07 Å². The molecular formula is C12H13N3O. The van der Waals surface area contributed by atoms with Crippen molar-refractivity contribution in [2.75, 3.05) is 6.61 Å². The Balaban J connectivity index is 1.69. The maximum Gasteiger partial charge on any atom is 0.124 e. The third-order valence-corrected chi connectivity index (χ3v) is 2.77. The predicted molar refractivity (Wildman–Crippen MR) is 60.1 cm³/mol. The molecule has 1 aliphatic heterocycles. The summed E-state index contributed by atoms with van der Waals surface area (Å²) in [5, 5.41) is 3.42. The molecule has 2 N–H and O–H groups in total. The van der Waals surface area contributed by atoms with Gasteiger partial charge in [-0.2, -0.15) is 0 Å². The largest absolute Gasteiger partial charge is 0.491 e. The van der Waals surface area contributed by atoms with Crippen molar-refractivity contribution >= 4 is 0 Å². The highest BCUT2D eigenvalue weighted by Crippen LogP contribution is 2.31. The van der Waals surface area contributed by atoms with E-state index in [1.165, 1.54) is 5.56 Å². The van der Waals surface area contributed by atoms with E-state index < -0.39 is 0 Å². The van der Waals surface area contributed by atoms with Gasteiger partial charge in [-0.1, -0.05) is 18.2 Å². The molecule has 0 saturated carbocycles. The number of imidazole rings is 1. The van der Waals surface area contributed by atoms with E-state index in [1.807, 2.05) is 24.4 Å². The standard InChI is InChI=1S/C12H13N3O/c1-2-4-11-9(3-1)10(8-16-11)15-7-12-13-5-6-14-12/h1-6,10,15H,7-8H2,(H,13,14). The number of rotatable bonds is 3. The Morgan fingerprint density at radius 1 is 1.44 bits per heavy atom. The number of fused-ring (bicyclic) bond motifs is 1. The van der Waals surface area contributed by atoms with Gasteiger partial charge in [0.1, 0.15) is 18.2 Å². The maximum atomic E-state index is 5.59. The lowest BCUT2D eigenvalue weighted by Crippen LogP contribution is -2.22. The third kappa shape index (κ3) is 1.67. The van der Waals surface area contributed by atoms with E-state index in [0.717, 1.165) is 18.1 Å². The number of hydrogen-bond acceptors (Lipinski definition) is 3. The molecule has 0 bridgehead atoms. The molecule has 2 heterocycles. The molecule has 3 rings (SSSR count). The van der Waals surface area contributed by atoms with Gasteiger partial charge in [-0.25, -0.2) is 4.98 Å². The summed E-state index contributed by atoms with van der Waals surface area (Å²) < 4.78 is 5.59. The zero-order valence-corrected chi connectivity index (χ0v) is 8.81. The van der Waals surface area contributed by atoms with Crippen LogP contribution >= 0.6 is 0 Å². The van der Waals surface area contributed by atoms with Crippen LogP contribution in [0.15, 0.2) is 36.7 Å². The summed E-state index contributed by atoms with van der Waals surface area (Å²) in [4.78, 5) is 7.24. The number of nitrogens with zero attached hydrogens (tertiary/aromatic N) is 1. The van der Waals surface area contributed by atoms with Crippen molar-refractivity contribution in [3.05, 3.63) is 48.0 Å². The molecule has 4 heteroatoms. The molecule has 0 saturated heterocycles. The lowest BCUT2D eigenvalue weighted by molar-refractivity contribution is 0.309. The second kappa shape index (κ2) is 3.98. The second-order valence-corrected chi connectivity index (χ2v) is 3.82. The first-order valence-corrected chi connectivity index (χ1v) is 5.37. The molecule has 0 radical (unpaired) electrons. The highest BCUT2D eigenvalue weighted by Gasteiger charge is 2.22. The van der Waals surface area contributed by atoms with Crippen LogP contribution in [0.25, 0.3) is 0 Å². The van der Waals surface area contributed by atoms with Crippen LogP contribution in [-0.4, -0.2) is 16.6 Å². The highest BCUT2D eigenvalue weighted by molar-refractivity contribution is 5.39. The number of para-hydroxylation sites is 1. The molecule has 0 aliphatic carbocycles. The van der Waals surface area contributed by atoms with Gasteiger partial charge in [0.05, 0.1) is 12.6 Å². The Kier molecular flexibility index (Phi) is 2.34. The molecule has 0 amide bonds. The van der Waals surface area contributed by atoms with Gasteiger partial charge in [-0.15, -0.1) is 0 Å². The molecule has 16 heavy (non-hydrogen) atoms. The first-order valence-electron chi connectivity index (χ1n) is 5.37. The number of aromatic nitrogens is 2. The van der Waals surface area contributed by atoms with Gasteiger partial charge in [-0.3, -0.25) is 5.32 Å². The molecule has 1 aromatic carbocycles. The first-order chi connectivity index (χ1) is 7.93. The lowest BCUT2D eigenvalue weighted by atomic mass is 10.1. The molecule has 1 unspecified atom stereocenters. The van der Waals surface area contributed by atoms with E-state index in [0.29, 0.717) is 6.61 Å². The SMILES string of the molecule is c1ccc2c(c1)OCC2NCc1ncc[nH]1. The highest BCUT2D eigenvalue weighted by atomic mass is 16.5. The van der Waals surface area contributed by atoms with Gasteiger partial charge in [0, 0.05) is 18.0 Å². The molecule has 4 nitrogen and oxygen atoms in total. The van der Waals surface area contributed by atoms with Crippen molar-refractivity contribution < 1.29 is 4.74 Å². The summed E-state index contributed by atoms with van der Waals surface area (Å²) >= 11 is 0. The Hall–Kier alpha value is -1.81. The van der Waals surface area contributed by atoms with Crippen molar-refractivity contribution in [3.63, 3.8) is 0 Å². The zero-order chi connectivity index (χ0) is 10.8. The van der Waals surface area contributed by atoms with Crippen LogP contribution in [0.2, 0.25) is 0 Å². The summed E-state index contributed by atoms with van der Waals surface area (Å²) in [7, 11) is 0. The molecule has 0 spiro atoms. The smallest absolute Gasteiger partial charge is 0.124 e. The van der Waals surface area contributed by atoms with Gasteiger partial charge in [0.2, 0.25) is 0 Å². The minimum atomic E-state index is 0.265. The molecule has 1 aromatic heterocycles. The molecule has 0 fully saturated rings. The zero-order valence-electron chi connectivity index (χ0n) is 8.81. The number of nitrogens with one attached hydrogen (secondary N) is 2. The van der Waals surface area contributed by atoms with Crippen LogP contribution in [0.3, 0.4) is 0 Å². The van der Waals surface area contributed by atoms with Crippen molar-refractivity contribution in [2.24, 2.45) is 0 Å². The average Bonchev–Trinajstić information content (AvgIpc) is 2.96. The van der Waals surface area contributed by atoms with Crippen LogP contribution in [0.4, 0.5) is 0 Å². The fourth-order valence-corrected chi connectivity index (χ4v) is 1.95.